The van der Waals surface area contributed by atoms with Crippen molar-refractivity contribution >= 4 is 17.4 Å². The molecule has 4 heteroatoms. The van der Waals surface area contributed by atoms with Gasteiger partial charge in [0, 0.05) is 5.56 Å². The lowest BCUT2D eigenvalue weighted by molar-refractivity contribution is 0.102. The van der Waals surface area contributed by atoms with E-state index in [2.05, 4.69) is 0 Å². The van der Waals surface area contributed by atoms with Gasteiger partial charge in [-0.1, -0.05) is 0 Å². The molecular weight excluding hydrogens is 202 g/mol. The second-order valence-electron chi connectivity index (χ2n) is 2.85. The summed E-state index contributed by atoms with van der Waals surface area (Å²) in [4.78, 5) is 11.3. The van der Waals surface area contributed by atoms with E-state index in [9.17, 15) is 9.90 Å². The number of carbonyl (C=O) groups is 1. The first-order valence-electron chi connectivity index (χ1n) is 3.93. The summed E-state index contributed by atoms with van der Waals surface area (Å²) >= 11 is 5.39. The Balaban J connectivity index is 3.36. The van der Waals surface area contributed by atoms with Gasteiger partial charge in [-0.3, -0.25) is 4.79 Å². The molecular formula is C10H8ClNO2. The highest BCUT2D eigenvalue weighted by molar-refractivity contribution is 6.30. The summed E-state index contributed by atoms with van der Waals surface area (Å²) in [5.41, 5.74) is 0.967. The van der Waals surface area contributed by atoms with E-state index in [4.69, 9.17) is 16.9 Å². The van der Waals surface area contributed by atoms with Crippen molar-refractivity contribution in [3.05, 3.63) is 28.8 Å². The van der Waals surface area contributed by atoms with Crippen LogP contribution >= 0.6 is 11.6 Å². The summed E-state index contributed by atoms with van der Waals surface area (Å²) in [7, 11) is 0. The highest BCUT2D eigenvalue weighted by atomic mass is 35.5. The van der Waals surface area contributed by atoms with Gasteiger partial charge in [0.15, 0.2) is 5.78 Å². The summed E-state index contributed by atoms with van der Waals surface area (Å²) in [6.07, 6.45) is 0. The maximum Gasteiger partial charge on any atom is 0.178 e. The Bertz CT molecular complexity index is 421. The summed E-state index contributed by atoms with van der Waals surface area (Å²) < 4.78 is 0. The van der Waals surface area contributed by atoms with E-state index in [0.717, 1.165) is 0 Å². The van der Waals surface area contributed by atoms with Gasteiger partial charge < -0.3 is 5.11 Å². The number of nitriles is 1. The number of carbonyl (C=O) groups excluding carboxylic acids is 1. The molecule has 0 heterocycles. The zero-order valence-corrected chi connectivity index (χ0v) is 8.30. The molecule has 0 aromatic heterocycles. The number of aryl methyl sites for hydroxylation is 1. The van der Waals surface area contributed by atoms with Gasteiger partial charge in [0.05, 0.1) is 11.4 Å². The van der Waals surface area contributed by atoms with Crippen LogP contribution in [0.3, 0.4) is 0 Å². The molecule has 0 fully saturated rings. The van der Waals surface area contributed by atoms with Crippen LogP contribution < -0.4 is 0 Å². The fourth-order valence-electron chi connectivity index (χ4n) is 1.09. The molecule has 1 rings (SSSR count). The van der Waals surface area contributed by atoms with Crippen LogP contribution in [0.1, 0.15) is 21.5 Å². The van der Waals surface area contributed by atoms with E-state index >= 15 is 0 Å². The van der Waals surface area contributed by atoms with E-state index in [1.807, 2.05) is 6.07 Å². The number of ketones is 1. The van der Waals surface area contributed by atoms with E-state index in [-0.39, 0.29) is 28.5 Å². The molecule has 0 aliphatic heterocycles. The normalized spacial score (nSPS) is 9.50. The van der Waals surface area contributed by atoms with Crippen molar-refractivity contribution in [2.45, 2.75) is 6.92 Å². The molecule has 14 heavy (non-hydrogen) atoms. The summed E-state index contributed by atoms with van der Waals surface area (Å²) in [5, 5.41) is 18.0. The molecule has 1 aromatic rings. The highest BCUT2D eigenvalue weighted by Gasteiger charge is 2.12. The Labute approximate surface area is 86.5 Å². The maximum absolute atomic E-state index is 11.3. The largest absolute Gasteiger partial charge is 0.508 e. The number of benzene rings is 1. The Morgan fingerprint density at radius 1 is 1.64 bits per heavy atom. The number of phenols is 1. The number of Topliss-reactive ketones (excluding diaryl/α,β-unsaturated/α-hetero) is 1. The van der Waals surface area contributed by atoms with Crippen molar-refractivity contribution in [1.29, 1.82) is 5.26 Å². The predicted octanol–water partition coefficient (Wildman–Crippen LogP) is 1.99. The maximum atomic E-state index is 11.3. The van der Waals surface area contributed by atoms with Crippen LogP contribution in [-0.2, 0) is 0 Å². The lowest BCUT2D eigenvalue weighted by atomic mass is 10.0. The molecule has 1 N–H and O–H groups in total. The van der Waals surface area contributed by atoms with Crippen LogP contribution in [-0.4, -0.2) is 16.8 Å². The number of aromatic hydroxyl groups is 1. The highest BCUT2D eigenvalue weighted by Crippen LogP contribution is 2.21. The lowest BCUT2D eigenvalue weighted by Crippen LogP contribution is -2.03. The van der Waals surface area contributed by atoms with E-state index < -0.39 is 0 Å². The molecule has 0 aliphatic rings. The zero-order valence-electron chi connectivity index (χ0n) is 7.54. The fourth-order valence-corrected chi connectivity index (χ4v) is 1.24. The number of halogens is 1. The number of nitrogens with zero attached hydrogens (tertiary/aromatic N) is 1. The SMILES string of the molecule is Cc1cc(C(=O)CCl)c(C#N)cc1O. The van der Waals surface area contributed by atoms with Gasteiger partial charge in [-0.2, -0.15) is 5.26 Å². The lowest BCUT2D eigenvalue weighted by Gasteiger charge is -2.04. The summed E-state index contributed by atoms with van der Waals surface area (Å²) in [5.74, 6) is -0.474. The second-order valence-corrected chi connectivity index (χ2v) is 3.12. The summed E-state index contributed by atoms with van der Waals surface area (Å²) in [6.45, 7) is 1.65. The fraction of sp³-hybridized carbons (Fsp3) is 0.200. The quantitative estimate of drug-likeness (QED) is 0.599. The smallest absolute Gasteiger partial charge is 0.178 e. The minimum Gasteiger partial charge on any atom is -0.508 e. The van der Waals surface area contributed by atoms with Crippen molar-refractivity contribution < 1.29 is 9.90 Å². The van der Waals surface area contributed by atoms with Crippen molar-refractivity contribution in [3.63, 3.8) is 0 Å². The number of hydrogen-bond donors (Lipinski definition) is 1. The Hall–Kier alpha value is -1.53. The minimum absolute atomic E-state index is 0.00710. The first kappa shape index (κ1) is 10.6. The molecule has 0 radical (unpaired) electrons. The van der Waals surface area contributed by atoms with Crippen molar-refractivity contribution in [2.24, 2.45) is 0 Å². The van der Waals surface area contributed by atoms with Crippen LogP contribution in [0.5, 0.6) is 5.75 Å². The third-order valence-electron chi connectivity index (χ3n) is 1.88. The van der Waals surface area contributed by atoms with Gasteiger partial charge in [-0.15, -0.1) is 11.6 Å². The van der Waals surface area contributed by atoms with Crippen LogP contribution in [0.15, 0.2) is 12.1 Å². The number of hydrogen-bond acceptors (Lipinski definition) is 3. The second kappa shape index (κ2) is 4.12. The third kappa shape index (κ3) is 1.86. The number of alkyl halides is 1. The average Bonchev–Trinajstić information content (AvgIpc) is 2.20. The molecule has 0 spiro atoms. The van der Waals surface area contributed by atoms with Gasteiger partial charge in [0.2, 0.25) is 0 Å². The molecule has 0 aliphatic carbocycles. The number of rotatable bonds is 2. The van der Waals surface area contributed by atoms with Crippen LogP contribution in [0.4, 0.5) is 0 Å². The average molecular weight is 210 g/mol. The van der Waals surface area contributed by atoms with Crippen molar-refractivity contribution in [2.75, 3.05) is 5.88 Å². The molecule has 0 unspecified atom stereocenters. The Kier molecular flexibility index (Phi) is 3.10. The molecule has 0 atom stereocenters. The first-order chi connectivity index (χ1) is 6.60. The monoisotopic (exact) mass is 209 g/mol. The van der Waals surface area contributed by atoms with Crippen molar-refractivity contribution in [1.82, 2.24) is 0 Å². The Morgan fingerprint density at radius 2 is 2.29 bits per heavy atom. The molecule has 0 amide bonds. The van der Waals surface area contributed by atoms with Gasteiger partial charge in [0.25, 0.3) is 0 Å². The first-order valence-corrected chi connectivity index (χ1v) is 4.46. The minimum atomic E-state index is -0.314. The molecule has 1 aromatic carbocycles. The predicted molar refractivity (Wildman–Crippen MR) is 52.6 cm³/mol. The van der Waals surface area contributed by atoms with Gasteiger partial charge in [-0.05, 0) is 24.6 Å². The van der Waals surface area contributed by atoms with Crippen LogP contribution in [0.25, 0.3) is 0 Å². The topological polar surface area (TPSA) is 61.1 Å². The standard InChI is InChI=1S/C10H8ClNO2/c1-6-2-8(10(14)4-11)7(5-12)3-9(6)13/h2-3,13H,4H2,1H3. The summed E-state index contributed by atoms with van der Waals surface area (Å²) in [6, 6.07) is 4.58. The van der Waals surface area contributed by atoms with Crippen molar-refractivity contribution in [3.8, 4) is 11.8 Å². The van der Waals surface area contributed by atoms with Gasteiger partial charge in [-0.25, -0.2) is 0 Å². The molecule has 0 bridgehead atoms. The Morgan fingerprint density at radius 3 is 2.79 bits per heavy atom. The number of phenolic OH excluding ortho intramolecular Hbond substituents is 1. The van der Waals surface area contributed by atoms with Crippen LogP contribution in [0, 0.1) is 18.3 Å². The zero-order chi connectivity index (χ0) is 10.7. The van der Waals surface area contributed by atoms with Gasteiger partial charge in [0.1, 0.15) is 11.8 Å². The molecule has 0 saturated heterocycles. The van der Waals surface area contributed by atoms with Crippen LogP contribution in [0.2, 0.25) is 0 Å². The van der Waals surface area contributed by atoms with E-state index in [0.29, 0.717) is 5.56 Å². The molecule has 72 valence electrons. The third-order valence-corrected chi connectivity index (χ3v) is 2.12. The van der Waals surface area contributed by atoms with E-state index in [1.54, 1.807) is 6.92 Å². The van der Waals surface area contributed by atoms with Gasteiger partial charge >= 0.3 is 0 Å². The molecule has 0 saturated carbocycles. The van der Waals surface area contributed by atoms with E-state index in [1.165, 1.54) is 12.1 Å². The molecule has 3 nitrogen and oxygen atoms in total.